The Bertz CT molecular complexity index is 1770. The Hall–Kier alpha value is -4.19. The van der Waals surface area contributed by atoms with Crippen molar-refractivity contribution in [3.05, 3.63) is 131 Å². The zero-order valence-electron chi connectivity index (χ0n) is 20.3. The molecular formula is C32H18N4PtS2. The van der Waals surface area contributed by atoms with Crippen molar-refractivity contribution < 1.29 is 21.1 Å². The number of hydrogen-bond donors (Lipinski definition) is 0. The topological polar surface area (TPSA) is 53.9 Å². The number of nitrogens with zero attached hydrogens (tertiary/aromatic N) is 4. The van der Waals surface area contributed by atoms with Crippen LogP contribution in [0.3, 0.4) is 0 Å². The second kappa shape index (κ2) is 12.6. The summed E-state index contributed by atoms with van der Waals surface area (Å²) in [5.41, 5.74) is 6.60. The Morgan fingerprint density at radius 3 is 1.49 bits per heavy atom. The van der Waals surface area contributed by atoms with E-state index in [-0.39, 0.29) is 31.0 Å². The maximum absolute atomic E-state index is 8.01. The second-order valence-corrected chi connectivity index (χ2v) is 9.21. The van der Waals surface area contributed by atoms with Crippen molar-refractivity contribution in [3.63, 3.8) is 0 Å². The van der Waals surface area contributed by atoms with Gasteiger partial charge in [0.05, 0.1) is 23.7 Å². The zero-order valence-corrected chi connectivity index (χ0v) is 24.2. The Kier molecular flexibility index (Phi) is 8.97. The van der Waals surface area contributed by atoms with Crippen LogP contribution in [-0.2, 0) is 46.3 Å². The Labute approximate surface area is 251 Å². The molecule has 0 N–H and O–H groups in total. The number of nitriles is 1. The fraction of sp³-hybridized carbons (Fsp3) is 0. The summed E-state index contributed by atoms with van der Waals surface area (Å²) in [5, 5.41) is 12.4. The van der Waals surface area contributed by atoms with Crippen LogP contribution >= 0.6 is 0 Å². The van der Waals surface area contributed by atoms with Crippen LogP contribution in [0, 0.1) is 17.9 Å². The number of pyridine rings is 2. The van der Waals surface area contributed by atoms with Gasteiger partial charge in [-0.2, -0.15) is 5.26 Å². The van der Waals surface area contributed by atoms with Gasteiger partial charge in [-0.05, 0) is 28.6 Å². The zero-order chi connectivity index (χ0) is 26.5. The molecule has 0 unspecified atom stereocenters. The van der Waals surface area contributed by atoms with Crippen LogP contribution < -0.4 is 0 Å². The molecule has 0 atom stereocenters. The summed E-state index contributed by atoms with van der Waals surface area (Å²) >= 11 is 8.72. The number of aromatic nitrogens is 2. The quantitative estimate of drug-likeness (QED) is 0.0788. The Balaban J connectivity index is 0.000000346. The second-order valence-electron chi connectivity index (χ2n) is 8.41. The van der Waals surface area contributed by atoms with E-state index in [1.807, 2.05) is 24.5 Å². The van der Waals surface area contributed by atoms with Gasteiger partial charge in [-0.1, -0.05) is 84.9 Å². The number of allylic oxidation sites excluding steroid dienone is 1. The number of rotatable bonds is 2. The average Bonchev–Trinajstić information content (AvgIpc) is 3.00. The molecule has 2 heterocycles. The van der Waals surface area contributed by atoms with Gasteiger partial charge in [0.25, 0.3) is 0 Å². The minimum absolute atomic E-state index is 0. The van der Waals surface area contributed by atoms with Crippen molar-refractivity contribution in [2.45, 2.75) is 0 Å². The van der Waals surface area contributed by atoms with E-state index in [1.54, 1.807) is 6.07 Å². The molecule has 0 spiro atoms. The van der Waals surface area contributed by atoms with Gasteiger partial charge < -0.3 is 25.3 Å². The molecule has 0 saturated heterocycles. The van der Waals surface area contributed by atoms with Crippen molar-refractivity contribution in [2.75, 3.05) is 0 Å². The molecule has 6 rings (SSSR count). The van der Waals surface area contributed by atoms with Crippen LogP contribution in [0.1, 0.15) is 0 Å². The van der Waals surface area contributed by atoms with Gasteiger partial charge in [0, 0.05) is 44.7 Å². The van der Waals surface area contributed by atoms with Crippen LogP contribution in [0.15, 0.2) is 119 Å². The van der Waals surface area contributed by atoms with Crippen LogP contribution in [0.5, 0.6) is 0 Å². The van der Waals surface area contributed by atoms with E-state index in [1.165, 1.54) is 11.1 Å². The van der Waals surface area contributed by atoms with Gasteiger partial charge >= 0.3 is 21.1 Å². The summed E-state index contributed by atoms with van der Waals surface area (Å²) in [4.78, 5) is 12.4. The summed E-state index contributed by atoms with van der Waals surface area (Å²) in [5.74, 6) is 0. The van der Waals surface area contributed by atoms with Crippen LogP contribution in [0.25, 0.3) is 59.7 Å². The molecular weight excluding hydrogens is 700 g/mol. The Morgan fingerprint density at radius 1 is 0.667 bits per heavy atom. The third-order valence-corrected chi connectivity index (χ3v) is 6.80. The normalized spacial score (nSPS) is 10.9. The van der Waals surface area contributed by atoms with Crippen molar-refractivity contribution >= 4 is 57.8 Å². The van der Waals surface area contributed by atoms with Gasteiger partial charge in [0.15, 0.2) is 0 Å². The van der Waals surface area contributed by atoms with E-state index in [9.17, 15) is 0 Å². The van der Waals surface area contributed by atoms with Gasteiger partial charge in [0.2, 0.25) is 0 Å². The first-order valence-corrected chi connectivity index (χ1v) is 12.5. The number of benzene rings is 4. The minimum atomic E-state index is -0.123. The predicted molar refractivity (Wildman–Crippen MR) is 159 cm³/mol. The minimum Gasteiger partial charge on any atom is -0.812 e. The molecule has 4 nitrogen and oxygen atoms in total. The molecule has 39 heavy (non-hydrogen) atoms. The Morgan fingerprint density at radius 2 is 1.10 bits per heavy atom. The third-order valence-electron chi connectivity index (χ3n) is 6.09. The molecule has 0 fully saturated rings. The molecule has 2 aromatic heterocycles. The van der Waals surface area contributed by atoms with E-state index in [2.05, 4.69) is 115 Å². The molecule has 6 aromatic rings. The maximum atomic E-state index is 8.01. The van der Waals surface area contributed by atoms with Gasteiger partial charge in [-0.25, -0.2) is 0 Å². The monoisotopic (exact) mass is 717 g/mol. The maximum Gasteiger partial charge on any atom is 2.00 e. The standard InChI is InChI=1S/C28H18N2.C4H2N2S2.Pt/c1-3-7-19(8-4-1)24-15-22-13-11-21-12-14-23-16-25(20-9-5-2-6-10-20)18-30-28(23)26(21)27(22)29-17-24;1-6-4(8)3(7)2-5;/h1-18H;7-8H;/q;;+2/p-2. The SMILES string of the molecule is [C-]#[N+]C([S-])=C([S-])C#N.[Pt+2].c1ccc(-c2cnc3c(ccc4ccc5cc(-c6ccccc6)cnc5c43)c2)cc1. The van der Waals surface area contributed by atoms with Gasteiger partial charge in [-0.15, -0.1) is 4.91 Å². The first-order chi connectivity index (χ1) is 18.6. The van der Waals surface area contributed by atoms with Crippen molar-refractivity contribution in [1.29, 1.82) is 5.26 Å². The molecule has 0 amide bonds. The summed E-state index contributed by atoms with van der Waals surface area (Å²) in [6.07, 6.45) is 3.93. The van der Waals surface area contributed by atoms with Gasteiger partial charge in [0.1, 0.15) is 0 Å². The molecule has 0 aliphatic rings. The van der Waals surface area contributed by atoms with Crippen LogP contribution in [0.2, 0.25) is 0 Å². The van der Waals surface area contributed by atoms with Crippen LogP contribution in [0.4, 0.5) is 0 Å². The molecule has 4 aromatic carbocycles. The molecule has 0 aliphatic carbocycles. The van der Waals surface area contributed by atoms with Gasteiger partial charge in [-0.3, -0.25) is 14.8 Å². The first-order valence-electron chi connectivity index (χ1n) is 11.7. The van der Waals surface area contributed by atoms with E-state index >= 15 is 0 Å². The third kappa shape index (κ3) is 5.95. The molecule has 0 aliphatic heterocycles. The smallest absolute Gasteiger partial charge is 0.812 e. The molecule has 0 radical (unpaired) electrons. The molecule has 188 valence electrons. The van der Waals surface area contributed by atoms with E-state index in [4.69, 9.17) is 21.8 Å². The molecule has 0 saturated carbocycles. The fourth-order valence-corrected chi connectivity index (χ4v) is 4.37. The van der Waals surface area contributed by atoms with Crippen molar-refractivity contribution in [1.82, 2.24) is 9.97 Å². The molecule has 7 heteroatoms. The van der Waals surface area contributed by atoms with E-state index in [0.29, 0.717) is 0 Å². The first kappa shape index (κ1) is 27.8. The largest absolute Gasteiger partial charge is 2.00 e. The molecule has 0 bridgehead atoms. The van der Waals surface area contributed by atoms with Crippen molar-refractivity contribution in [3.8, 4) is 28.3 Å². The number of fused-ring (bicyclic) bond motifs is 5. The fourth-order valence-electron chi connectivity index (χ4n) is 4.28. The summed E-state index contributed by atoms with van der Waals surface area (Å²) in [6.45, 7) is 6.29. The summed E-state index contributed by atoms with van der Waals surface area (Å²) in [6, 6.07) is 35.4. The summed E-state index contributed by atoms with van der Waals surface area (Å²) < 4.78 is 0. The van der Waals surface area contributed by atoms with E-state index < -0.39 is 0 Å². The van der Waals surface area contributed by atoms with E-state index in [0.717, 1.165) is 43.7 Å². The average molecular weight is 718 g/mol. The van der Waals surface area contributed by atoms with Crippen LogP contribution in [-0.4, -0.2) is 9.97 Å². The number of hydrogen-bond acceptors (Lipinski definition) is 5. The predicted octanol–water partition coefficient (Wildman–Crippen LogP) is 7.96. The van der Waals surface area contributed by atoms with Crippen molar-refractivity contribution in [2.24, 2.45) is 0 Å². The summed E-state index contributed by atoms with van der Waals surface area (Å²) in [7, 11) is 0.